The predicted molar refractivity (Wildman–Crippen MR) is 190 cm³/mol. The van der Waals surface area contributed by atoms with Crippen LogP contribution in [-0.2, 0) is 4.79 Å². The van der Waals surface area contributed by atoms with E-state index >= 15 is 4.79 Å². The van der Waals surface area contributed by atoms with Gasteiger partial charge in [-0.3, -0.25) is 9.78 Å². The summed E-state index contributed by atoms with van der Waals surface area (Å²) >= 11 is 0. The Morgan fingerprint density at radius 3 is 1.27 bits per heavy atom. The number of methoxy groups -OCH3 is 4. The van der Waals surface area contributed by atoms with E-state index in [-0.39, 0.29) is 17.7 Å². The molecule has 0 radical (unpaired) electrons. The van der Waals surface area contributed by atoms with Gasteiger partial charge in [-0.25, -0.2) is 0 Å². The lowest BCUT2D eigenvalue weighted by molar-refractivity contribution is -0.120. The van der Waals surface area contributed by atoms with E-state index in [1.165, 1.54) is 0 Å². The van der Waals surface area contributed by atoms with E-state index in [1.807, 2.05) is 127 Å². The van der Waals surface area contributed by atoms with E-state index in [9.17, 15) is 0 Å². The highest BCUT2D eigenvalue weighted by Gasteiger charge is 2.39. The second kappa shape index (κ2) is 14.7. The van der Waals surface area contributed by atoms with E-state index in [0.29, 0.717) is 5.69 Å². The molecule has 48 heavy (non-hydrogen) atoms. The van der Waals surface area contributed by atoms with Crippen LogP contribution < -0.4 is 24.3 Å². The molecule has 1 aromatic heterocycles. The van der Waals surface area contributed by atoms with Crippen molar-refractivity contribution in [1.29, 1.82) is 0 Å². The van der Waals surface area contributed by atoms with Gasteiger partial charge in [-0.1, -0.05) is 66.7 Å². The minimum absolute atomic E-state index is 0.151. The summed E-state index contributed by atoms with van der Waals surface area (Å²) in [5.41, 5.74) is 5.22. The fourth-order valence-electron chi connectivity index (χ4n) is 6.38. The van der Waals surface area contributed by atoms with Gasteiger partial charge in [0.2, 0.25) is 5.91 Å². The van der Waals surface area contributed by atoms with Gasteiger partial charge < -0.3 is 24.3 Å². The smallest absolute Gasteiger partial charge is 0.229 e. The first kappa shape index (κ1) is 32.1. The Hall–Kier alpha value is -5.82. The number of para-hydroxylation sites is 1. The number of carbonyl (C=O) groups excluding carboxylic acids is 1. The van der Waals surface area contributed by atoms with Crippen molar-refractivity contribution in [3.63, 3.8) is 0 Å². The summed E-state index contributed by atoms with van der Waals surface area (Å²) in [4.78, 5) is 19.8. The van der Waals surface area contributed by atoms with Gasteiger partial charge in [-0.05, 0) is 82.9 Å². The van der Waals surface area contributed by atoms with Crippen molar-refractivity contribution >= 4 is 22.5 Å². The Kier molecular flexibility index (Phi) is 9.86. The number of hydrogen-bond acceptors (Lipinski definition) is 6. The molecule has 0 saturated carbocycles. The van der Waals surface area contributed by atoms with Crippen LogP contribution in [0.25, 0.3) is 10.9 Å². The number of anilines is 1. The number of nitrogens with zero attached hydrogens (tertiary/aromatic N) is 1. The van der Waals surface area contributed by atoms with Gasteiger partial charge in [0, 0.05) is 23.4 Å². The average molecular weight is 639 g/mol. The topological polar surface area (TPSA) is 78.9 Å². The molecule has 1 amide bonds. The van der Waals surface area contributed by atoms with Gasteiger partial charge >= 0.3 is 0 Å². The van der Waals surface area contributed by atoms with Gasteiger partial charge in [0.15, 0.2) is 0 Å². The summed E-state index contributed by atoms with van der Waals surface area (Å²) in [6, 6.07) is 41.5. The molecule has 0 aliphatic carbocycles. The first-order chi connectivity index (χ1) is 23.5. The number of hydrogen-bond donors (Lipinski definition) is 1. The third-order valence-electron chi connectivity index (χ3n) is 8.81. The molecular formula is C41H38N2O5. The Balaban J connectivity index is 1.59. The normalized spacial score (nSPS) is 11.1. The van der Waals surface area contributed by atoms with Crippen LogP contribution >= 0.6 is 0 Å². The molecule has 6 rings (SSSR count). The zero-order valence-corrected chi connectivity index (χ0v) is 27.4. The van der Waals surface area contributed by atoms with Crippen LogP contribution in [-0.4, -0.2) is 39.3 Å². The molecule has 0 bridgehead atoms. The summed E-state index contributed by atoms with van der Waals surface area (Å²) in [5.74, 6) is 1.36. The SMILES string of the molecule is COc1ccc(C(c2ccc(OC)cc2)C(C(=O)Nc2cccc3cccnc23)C(c2ccc(OC)cc2)c2ccc(OC)cc2)cc1. The van der Waals surface area contributed by atoms with Crippen molar-refractivity contribution in [3.05, 3.63) is 156 Å². The number of aromatic nitrogens is 1. The Bertz CT molecular complexity index is 1760. The maximum absolute atomic E-state index is 15.2. The van der Waals surface area contributed by atoms with Crippen LogP contribution in [0.4, 0.5) is 5.69 Å². The Morgan fingerprint density at radius 2 is 0.896 bits per heavy atom. The van der Waals surface area contributed by atoms with E-state index in [2.05, 4.69) is 10.3 Å². The molecule has 6 aromatic rings. The molecule has 0 unspecified atom stereocenters. The zero-order chi connectivity index (χ0) is 33.5. The number of amides is 1. The molecule has 0 atom stereocenters. The lowest BCUT2D eigenvalue weighted by atomic mass is 9.69. The van der Waals surface area contributed by atoms with Crippen LogP contribution in [0.5, 0.6) is 23.0 Å². The lowest BCUT2D eigenvalue weighted by Crippen LogP contribution is -2.34. The first-order valence-corrected chi connectivity index (χ1v) is 15.7. The molecule has 0 fully saturated rings. The first-order valence-electron chi connectivity index (χ1n) is 15.7. The van der Waals surface area contributed by atoms with Gasteiger partial charge in [-0.2, -0.15) is 0 Å². The Labute approximate surface area is 281 Å². The highest BCUT2D eigenvalue weighted by Crippen LogP contribution is 2.46. The van der Waals surface area contributed by atoms with Crippen LogP contribution in [0.15, 0.2) is 134 Å². The quantitative estimate of drug-likeness (QED) is 0.145. The molecule has 5 aromatic carbocycles. The van der Waals surface area contributed by atoms with Crippen LogP contribution in [0.3, 0.4) is 0 Å². The number of ether oxygens (including phenoxy) is 4. The molecule has 1 heterocycles. The third kappa shape index (κ3) is 6.81. The molecule has 0 aliphatic heterocycles. The highest BCUT2D eigenvalue weighted by molar-refractivity contribution is 6.02. The number of pyridine rings is 1. The largest absolute Gasteiger partial charge is 0.497 e. The standard InChI is InChI=1S/C41H38N2O5/c1-45-32-18-10-27(11-19-32)37(28-12-20-33(46-2)21-13-28)39(41(44)43-36-9-5-7-31-8-6-26-42-40(31)36)38(29-14-22-34(47-3)23-15-29)30-16-24-35(48-4)25-17-30/h5-26,37-39H,1-4H3,(H,43,44). The van der Waals surface area contributed by atoms with Crippen molar-refractivity contribution in [2.75, 3.05) is 33.8 Å². The number of nitrogens with one attached hydrogen (secondary N) is 1. The van der Waals surface area contributed by atoms with Crippen LogP contribution in [0.1, 0.15) is 34.1 Å². The summed E-state index contributed by atoms with van der Waals surface area (Å²) in [6.45, 7) is 0. The lowest BCUT2D eigenvalue weighted by Gasteiger charge is -2.35. The molecule has 1 N–H and O–H groups in total. The van der Waals surface area contributed by atoms with Crippen molar-refractivity contribution < 1.29 is 23.7 Å². The van der Waals surface area contributed by atoms with Gasteiger partial charge in [0.25, 0.3) is 0 Å². The molecule has 0 spiro atoms. The Morgan fingerprint density at radius 1 is 0.521 bits per heavy atom. The minimum atomic E-state index is -0.646. The van der Waals surface area contributed by atoms with E-state index < -0.39 is 5.92 Å². The van der Waals surface area contributed by atoms with Crippen molar-refractivity contribution in [3.8, 4) is 23.0 Å². The fourth-order valence-corrected chi connectivity index (χ4v) is 6.38. The van der Waals surface area contributed by atoms with Crippen molar-refractivity contribution in [2.45, 2.75) is 11.8 Å². The second-order valence-corrected chi connectivity index (χ2v) is 11.4. The second-order valence-electron chi connectivity index (χ2n) is 11.4. The molecule has 0 aliphatic rings. The number of fused-ring (bicyclic) bond motifs is 1. The van der Waals surface area contributed by atoms with E-state index in [4.69, 9.17) is 18.9 Å². The van der Waals surface area contributed by atoms with Crippen LogP contribution in [0.2, 0.25) is 0 Å². The van der Waals surface area contributed by atoms with Gasteiger partial charge in [-0.15, -0.1) is 0 Å². The summed E-state index contributed by atoms with van der Waals surface area (Å²) in [7, 11) is 6.59. The van der Waals surface area contributed by atoms with E-state index in [0.717, 1.165) is 56.2 Å². The number of benzene rings is 5. The predicted octanol–water partition coefficient (Wildman–Crippen LogP) is 8.49. The van der Waals surface area contributed by atoms with Gasteiger partial charge in [0.1, 0.15) is 23.0 Å². The molecule has 0 saturated heterocycles. The van der Waals surface area contributed by atoms with Crippen LogP contribution in [0, 0.1) is 5.92 Å². The molecular weight excluding hydrogens is 600 g/mol. The van der Waals surface area contributed by atoms with Crippen molar-refractivity contribution in [1.82, 2.24) is 4.98 Å². The molecule has 242 valence electrons. The average Bonchev–Trinajstić information content (AvgIpc) is 3.15. The minimum Gasteiger partial charge on any atom is -0.497 e. The van der Waals surface area contributed by atoms with Gasteiger partial charge in [0.05, 0.1) is 45.6 Å². The maximum Gasteiger partial charge on any atom is 0.229 e. The third-order valence-corrected chi connectivity index (χ3v) is 8.81. The molecule has 7 nitrogen and oxygen atoms in total. The zero-order valence-electron chi connectivity index (χ0n) is 27.4. The monoisotopic (exact) mass is 638 g/mol. The maximum atomic E-state index is 15.2. The molecule has 7 heteroatoms. The summed E-state index contributed by atoms with van der Waals surface area (Å²) in [6.07, 6.45) is 1.74. The van der Waals surface area contributed by atoms with E-state index in [1.54, 1.807) is 34.6 Å². The summed E-state index contributed by atoms with van der Waals surface area (Å²) < 4.78 is 22.1. The number of rotatable bonds is 12. The number of carbonyl (C=O) groups is 1. The van der Waals surface area contributed by atoms with Crippen molar-refractivity contribution in [2.24, 2.45) is 5.92 Å². The summed E-state index contributed by atoms with van der Waals surface area (Å²) in [5, 5.41) is 4.26. The highest BCUT2D eigenvalue weighted by atomic mass is 16.5. The fraction of sp³-hybridized carbons (Fsp3) is 0.171.